The minimum absolute atomic E-state index is 0.417. The molecule has 0 fully saturated rings. The lowest BCUT2D eigenvalue weighted by Gasteiger charge is -2.02. The topological polar surface area (TPSA) is 56.0 Å². The van der Waals surface area contributed by atoms with Crippen LogP contribution in [0.25, 0.3) is 21.8 Å². The van der Waals surface area contributed by atoms with Gasteiger partial charge in [0.05, 0.1) is 11.0 Å². The SMILES string of the molecule is NC(=O)c1ccc2nc3ccccc3cc2c1. The fraction of sp³-hybridized carbons (Fsp3) is 0. The van der Waals surface area contributed by atoms with Gasteiger partial charge in [-0.05, 0) is 30.3 Å². The van der Waals surface area contributed by atoms with Crippen LogP contribution in [-0.4, -0.2) is 10.9 Å². The molecule has 0 radical (unpaired) electrons. The Hall–Kier alpha value is -2.42. The standard InChI is InChI=1S/C14H10N2O/c15-14(17)10-5-6-13-11(8-10)7-9-3-1-2-4-12(9)16-13/h1-8H,(H2,15,17). The number of primary amides is 1. The van der Waals surface area contributed by atoms with Crippen molar-refractivity contribution in [1.82, 2.24) is 4.98 Å². The number of benzene rings is 2. The summed E-state index contributed by atoms with van der Waals surface area (Å²) in [5.41, 5.74) is 7.59. The van der Waals surface area contributed by atoms with Gasteiger partial charge in [0.15, 0.2) is 0 Å². The number of aromatic nitrogens is 1. The summed E-state index contributed by atoms with van der Waals surface area (Å²) in [6.07, 6.45) is 0. The van der Waals surface area contributed by atoms with Crippen LogP contribution in [-0.2, 0) is 0 Å². The summed E-state index contributed by atoms with van der Waals surface area (Å²) in [7, 11) is 0. The highest BCUT2D eigenvalue weighted by atomic mass is 16.1. The number of nitrogens with zero attached hydrogens (tertiary/aromatic N) is 1. The number of fused-ring (bicyclic) bond motifs is 2. The molecule has 0 saturated heterocycles. The second-order valence-electron chi connectivity index (χ2n) is 3.95. The van der Waals surface area contributed by atoms with Gasteiger partial charge < -0.3 is 5.73 Å². The van der Waals surface area contributed by atoms with E-state index >= 15 is 0 Å². The number of carbonyl (C=O) groups excluding carboxylic acids is 1. The molecule has 3 heteroatoms. The molecule has 2 aromatic carbocycles. The molecule has 0 atom stereocenters. The molecule has 0 saturated carbocycles. The lowest BCUT2D eigenvalue weighted by molar-refractivity contribution is 0.100. The summed E-state index contributed by atoms with van der Waals surface area (Å²) in [4.78, 5) is 15.6. The molecule has 3 rings (SSSR count). The van der Waals surface area contributed by atoms with Crippen LogP contribution < -0.4 is 5.73 Å². The summed E-state index contributed by atoms with van der Waals surface area (Å²) in [5, 5.41) is 1.99. The van der Waals surface area contributed by atoms with Crippen LogP contribution in [0.15, 0.2) is 48.5 Å². The Morgan fingerprint density at radius 3 is 2.53 bits per heavy atom. The molecule has 3 aromatic rings. The van der Waals surface area contributed by atoms with Gasteiger partial charge in [0.25, 0.3) is 0 Å². The van der Waals surface area contributed by atoms with Crippen molar-refractivity contribution in [1.29, 1.82) is 0 Å². The van der Waals surface area contributed by atoms with Gasteiger partial charge in [-0.15, -0.1) is 0 Å². The number of hydrogen-bond donors (Lipinski definition) is 1. The van der Waals surface area contributed by atoms with E-state index in [-0.39, 0.29) is 0 Å². The lowest BCUT2D eigenvalue weighted by Crippen LogP contribution is -2.10. The van der Waals surface area contributed by atoms with Crippen molar-refractivity contribution in [3.63, 3.8) is 0 Å². The Labute approximate surface area is 97.9 Å². The fourth-order valence-corrected chi connectivity index (χ4v) is 1.93. The molecule has 1 amide bonds. The zero-order valence-corrected chi connectivity index (χ0v) is 9.05. The van der Waals surface area contributed by atoms with E-state index in [1.807, 2.05) is 36.4 Å². The molecule has 0 spiro atoms. The Balaban J connectivity index is 2.36. The highest BCUT2D eigenvalue weighted by Crippen LogP contribution is 2.20. The third-order valence-electron chi connectivity index (χ3n) is 2.80. The van der Waals surface area contributed by atoms with Gasteiger partial charge in [0, 0.05) is 16.3 Å². The number of amides is 1. The number of hydrogen-bond acceptors (Lipinski definition) is 2. The number of nitrogens with two attached hydrogens (primary N) is 1. The second kappa shape index (κ2) is 3.56. The van der Waals surface area contributed by atoms with E-state index in [1.165, 1.54) is 0 Å². The van der Waals surface area contributed by atoms with Crippen molar-refractivity contribution >= 4 is 27.7 Å². The van der Waals surface area contributed by atoms with Crippen molar-refractivity contribution in [3.8, 4) is 0 Å². The Morgan fingerprint density at radius 2 is 1.71 bits per heavy atom. The van der Waals surface area contributed by atoms with Gasteiger partial charge >= 0.3 is 0 Å². The molecule has 1 aromatic heterocycles. The highest BCUT2D eigenvalue weighted by molar-refractivity contribution is 5.99. The molecular formula is C14H10N2O. The first-order valence-corrected chi connectivity index (χ1v) is 5.33. The summed E-state index contributed by atoms with van der Waals surface area (Å²) in [6.45, 7) is 0. The van der Waals surface area contributed by atoms with Crippen molar-refractivity contribution in [2.45, 2.75) is 0 Å². The molecule has 2 N–H and O–H groups in total. The van der Waals surface area contributed by atoms with E-state index in [9.17, 15) is 4.79 Å². The van der Waals surface area contributed by atoms with Crippen LogP contribution in [0, 0.1) is 0 Å². The van der Waals surface area contributed by atoms with E-state index in [4.69, 9.17) is 5.73 Å². The molecule has 82 valence electrons. The molecule has 0 aliphatic rings. The molecule has 0 bridgehead atoms. The van der Waals surface area contributed by atoms with Crippen LogP contribution in [0.5, 0.6) is 0 Å². The lowest BCUT2D eigenvalue weighted by atomic mass is 10.1. The first-order chi connectivity index (χ1) is 8.24. The van der Waals surface area contributed by atoms with E-state index in [0.717, 1.165) is 21.8 Å². The van der Waals surface area contributed by atoms with Gasteiger partial charge in [-0.2, -0.15) is 0 Å². The first kappa shape index (κ1) is 9.78. The van der Waals surface area contributed by atoms with Crippen molar-refractivity contribution < 1.29 is 4.79 Å². The van der Waals surface area contributed by atoms with Crippen LogP contribution in [0.3, 0.4) is 0 Å². The normalized spacial score (nSPS) is 10.8. The van der Waals surface area contributed by atoms with Crippen molar-refractivity contribution in [2.24, 2.45) is 5.73 Å². The molecule has 3 nitrogen and oxygen atoms in total. The van der Waals surface area contributed by atoms with Crippen molar-refractivity contribution in [2.75, 3.05) is 0 Å². The van der Waals surface area contributed by atoms with Gasteiger partial charge in [0.1, 0.15) is 0 Å². The summed E-state index contributed by atoms with van der Waals surface area (Å²) in [5.74, 6) is -0.417. The summed E-state index contributed by atoms with van der Waals surface area (Å²) in [6, 6.07) is 15.2. The number of para-hydroxylation sites is 1. The molecular weight excluding hydrogens is 212 g/mol. The van der Waals surface area contributed by atoms with E-state index in [0.29, 0.717) is 5.56 Å². The average Bonchev–Trinajstić information content (AvgIpc) is 2.35. The number of rotatable bonds is 1. The van der Waals surface area contributed by atoms with Gasteiger partial charge in [-0.25, -0.2) is 4.98 Å². The predicted octanol–water partition coefficient (Wildman–Crippen LogP) is 2.49. The highest BCUT2D eigenvalue weighted by Gasteiger charge is 2.03. The zero-order chi connectivity index (χ0) is 11.8. The van der Waals surface area contributed by atoms with E-state index < -0.39 is 5.91 Å². The van der Waals surface area contributed by atoms with Gasteiger partial charge in [-0.1, -0.05) is 18.2 Å². The fourth-order valence-electron chi connectivity index (χ4n) is 1.93. The molecule has 17 heavy (non-hydrogen) atoms. The van der Waals surface area contributed by atoms with Gasteiger partial charge in [0.2, 0.25) is 5.91 Å². The van der Waals surface area contributed by atoms with Crippen LogP contribution in [0.2, 0.25) is 0 Å². The third kappa shape index (κ3) is 1.61. The monoisotopic (exact) mass is 222 g/mol. The Bertz CT molecular complexity index is 734. The smallest absolute Gasteiger partial charge is 0.248 e. The predicted molar refractivity (Wildman–Crippen MR) is 67.8 cm³/mol. The quantitative estimate of drug-likeness (QED) is 0.643. The van der Waals surface area contributed by atoms with Crippen LogP contribution in [0.1, 0.15) is 10.4 Å². The number of pyridine rings is 1. The molecule has 0 unspecified atom stereocenters. The minimum atomic E-state index is -0.417. The van der Waals surface area contributed by atoms with Gasteiger partial charge in [-0.3, -0.25) is 4.79 Å². The maximum atomic E-state index is 11.1. The van der Waals surface area contributed by atoms with E-state index in [2.05, 4.69) is 4.98 Å². The molecule has 1 heterocycles. The largest absolute Gasteiger partial charge is 0.366 e. The van der Waals surface area contributed by atoms with Crippen molar-refractivity contribution in [3.05, 3.63) is 54.1 Å². The Morgan fingerprint density at radius 1 is 0.941 bits per heavy atom. The van der Waals surface area contributed by atoms with Crippen LogP contribution >= 0.6 is 0 Å². The van der Waals surface area contributed by atoms with Crippen LogP contribution in [0.4, 0.5) is 0 Å². The minimum Gasteiger partial charge on any atom is -0.366 e. The number of carbonyl (C=O) groups is 1. The second-order valence-corrected chi connectivity index (χ2v) is 3.95. The third-order valence-corrected chi connectivity index (χ3v) is 2.80. The summed E-state index contributed by atoms with van der Waals surface area (Å²) < 4.78 is 0. The Kier molecular flexibility index (Phi) is 2.05. The molecule has 0 aliphatic heterocycles. The summed E-state index contributed by atoms with van der Waals surface area (Å²) >= 11 is 0. The maximum absolute atomic E-state index is 11.1. The first-order valence-electron chi connectivity index (χ1n) is 5.33. The molecule has 0 aliphatic carbocycles. The average molecular weight is 222 g/mol. The van der Waals surface area contributed by atoms with E-state index in [1.54, 1.807) is 12.1 Å². The zero-order valence-electron chi connectivity index (χ0n) is 9.05. The maximum Gasteiger partial charge on any atom is 0.248 e.